The molecule has 0 spiro atoms. The molecule has 0 bridgehead atoms. The van der Waals surface area contributed by atoms with Crippen LogP contribution in [0.3, 0.4) is 0 Å². The third kappa shape index (κ3) is 6.62. The summed E-state index contributed by atoms with van der Waals surface area (Å²) < 4.78 is 50.7. The van der Waals surface area contributed by atoms with Crippen LogP contribution in [0.2, 0.25) is 0 Å². The average molecular weight is 532 g/mol. The Bertz CT molecular complexity index is 1200. The Kier molecular flexibility index (Phi) is 7.45. The summed E-state index contributed by atoms with van der Waals surface area (Å²) in [4.78, 5) is 54.8. The highest BCUT2D eigenvalue weighted by Gasteiger charge is 2.47. The fourth-order valence-electron chi connectivity index (χ4n) is 3.02. The maximum absolute atomic E-state index is 12.4. The lowest BCUT2D eigenvalue weighted by molar-refractivity contribution is -0.0226. The number of phosphoric acid groups is 3. The van der Waals surface area contributed by atoms with Crippen LogP contribution in [0.5, 0.6) is 0 Å². The Morgan fingerprint density at radius 2 is 1.73 bits per heavy atom. The van der Waals surface area contributed by atoms with Gasteiger partial charge < -0.3 is 39.5 Å². The Morgan fingerprint density at radius 1 is 1.06 bits per heavy atom. The van der Waals surface area contributed by atoms with Gasteiger partial charge in [0.25, 0.3) is 5.56 Å². The summed E-state index contributed by atoms with van der Waals surface area (Å²) in [5, 5.41) is 20.5. The molecule has 19 heteroatoms. The van der Waals surface area contributed by atoms with Gasteiger partial charge in [-0.15, -0.1) is 0 Å². The van der Waals surface area contributed by atoms with Crippen molar-refractivity contribution in [3.63, 3.8) is 0 Å². The summed E-state index contributed by atoms with van der Waals surface area (Å²) in [7, 11) is -16.8. The Labute approximate surface area is 184 Å². The van der Waals surface area contributed by atoms with E-state index in [1.54, 1.807) is 19.1 Å². The first-order valence-corrected chi connectivity index (χ1v) is 13.4. The van der Waals surface area contributed by atoms with Crippen molar-refractivity contribution in [3.05, 3.63) is 39.8 Å². The second-order valence-corrected chi connectivity index (χ2v) is 11.3. The molecule has 184 valence electrons. The molecule has 3 aliphatic heterocycles. The number of nitrogens with one attached hydrogen (secondary N) is 1. The summed E-state index contributed by atoms with van der Waals surface area (Å²) in [6.45, 7) is 0.752. The molecule has 3 unspecified atom stereocenters. The minimum absolute atomic E-state index is 0.118. The van der Waals surface area contributed by atoms with Crippen LogP contribution < -0.4 is 5.56 Å². The Morgan fingerprint density at radius 3 is 2.36 bits per heavy atom. The lowest BCUT2D eigenvalue weighted by atomic mass is 10.0. The summed E-state index contributed by atoms with van der Waals surface area (Å²) in [5.74, 6) is 0.279. The van der Waals surface area contributed by atoms with Gasteiger partial charge in [0.1, 0.15) is 30.2 Å². The molecule has 33 heavy (non-hydrogen) atoms. The number of nitrogens with zero attached hydrogens (tertiary/aromatic N) is 1. The first-order chi connectivity index (χ1) is 15.1. The molecule has 3 rings (SSSR count). The van der Waals surface area contributed by atoms with Crippen molar-refractivity contribution in [2.24, 2.45) is 0 Å². The molecule has 1 fully saturated rings. The smallest absolute Gasteiger partial charge is 0.387 e. The van der Waals surface area contributed by atoms with Gasteiger partial charge >= 0.3 is 23.5 Å². The lowest BCUT2D eigenvalue weighted by Gasteiger charge is -2.19. The zero-order chi connectivity index (χ0) is 24.8. The fourth-order valence-corrected chi connectivity index (χ4v) is 6.05. The highest BCUT2D eigenvalue weighted by Crippen LogP contribution is 2.66. The number of H-pyrrole nitrogens is 1. The first-order valence-electron chi connectivity index (χ1n) is 8.87. The van der Waals surface area contributed by atoms with Crippen molar-refractivity contribution < 1.29 is 61.4 Å². The molecule has 7 N–H and O–H groups in total. The van der Waals surface area contributed by atoms with E-state index in [1.165, 1.54) is 6.07 Å². The molecule has 0 radical (unpaired) electrons. The molecule has 0 aromatic rings. The lowest BCUT2D eigenvalue weighted by Crippen LogP contribution is -2.33. The van der Waals surface area contributed by atoms with E-state index in [0.717, 1.165) is 5.69 Å². The second-order valence-electron chi connectivity index (χ2n) is 6.93. The number of rotatable bonds is 8. The third-order valence-electron chi connectivity index (χ3n) is 4.36. The van der Waals surface area contributed by atoms with Gasteiger partial charge in [-0.25, -0.2) is 13.7 Å². The van der Waals surface area contributed by atoms with Crippen LogP contribution in [-0.2, 0) is 31.6 Å². The Balaban J connectivity index is 1.73. The van der Waals surface area contributed by atoms with Crippen molar-refractivity contribution in [1.82, 2.24) is 9.97 Å². The fraction of sp³-hybridized carbons (Fsp3) is 0.429. The van der Waals surface area contributed by atoms with E-state index in [-0.39, 0.29) is 11.4 Å². The minimum atomic E-state index is -5.72. The van der Waals surface area contributed by atoms with Crippen molar-refractivity contribution in [1.29, 1.82) is 0 Å². The SMILES string of the molecule is Cc1ccc2cc([C@@H]3O[C@H](COP(=O)(O)OP(=O)(O)OP(=O)(O)O)[C@H](O)C3O)c(=O)nc-2[nH]1. The average Bonchev–Trinajstić information content (AvgIpc) is 2.91. The molecule has 0 aromatic carbocycles. The molecule has 3 heterocycles. The van der Waals surface area contributed by atoms with Crippen LogP contribution in [0, 0.1) is 6.92 Å². The van der Waals surface area contributed by atoms with Gasteiger partial charge in [-0.3, -0.25) is 9.32 Å². The van der Waals surface area contributed by atoms with Crippen LogP contribution in [0.15, 0.2) is 23.0 Å². The van der Waals surface area contributed by atoms with Gasteiger partial charge in [0.15, 0.2) is 0 Å². The molecule has 3 aliphatic rings. The van der Waals surface area contributed by atoms with E-state index >= 15 is 0 Å². The number of pyridine rings is 2. The van der Waals surface area contributed by atoms with Crippen molar-refractivity contribution in [2.45, 2.75) is 31.3 Å². The zero-order valence-electron chi connectivity index (χ0n) is 16.5. The number of aliphatic hydroxyl groups excluding tert-OH is 2. The molecule has 1 saturated heterocycles. The van der Waals surface area contributed by atoms with Gasteiger partial charge in [-0.2, -0.15) is 13.6 Å². The molecule has 0 saturated carbocycles. The van der Waals surface area contributed by atoms with E-state index in [4.69, 9.17) is 19.4 Å². The van der Waals surface area contributed by atoms with Crippen molar-refractivity contribution in [2.75, 3.05) is 6.61 Å². The zero-order valence-corrected chi connectivity index (χ0v) is 19.2. The topological polar surface area (TPSA) is 255 Å². The largest absolute Gasteiger partial charge is 0.490 e. The summed E-state index contributed by atoms with van der Waals surface area (Å²) in [6.07, 6.45) is -6.34. The second kappa shape index (κ2) is 9.36. The standard InChI is InChI=1S/C14H19N2O14P3/c1-6-2-3-7-4-8(14(19)16-13(7)15-6)12-11(18)10(17)9(28-12)5-27-32(23,24)30-33(25,26)29-31(20,21)22/h2-4,9-12,17-18H,5H2,1H3,(H,23,24)(H,25,26)(H,15,16,19)(H2,20,21,22)/t9-,10+,11?,12+/m1/s1. The Hall–Kier alpha value is -1.35. The van der Waals surface area contributed by atoms with Crippen molar-refractivity contribution in [3.8, 4) is 11.4 Å². The highest BCUT2D eigenvalue weighted by molar-refractivity contribution is 7.66. The number of aryl methyl sites for hydroxylation is 1. The van der Waals surface area contributed by atoms with Crippen LogP contribution in [0.4, 0.5) is 0 Å². The molecule has 0 aliphatic carbocycles. The number of hydrogen-bond donors (Lipinski definition) is 7. The molecule has 16 nitrogen and oxygen atoms in total. The third-order valence-corrected chi connectivity index (χ3v) is 8.16. The predicted octanol–water partition coefficient (Wildman–Crippen LogP) is -0.312. The van der Waals surface area contributed by atoms with Crippen molar-refractivity contribution >= 4 is 23.5 Å². The number of phosphoric ester groups is 1. The highest BCUT2D eigenvalue weighted by atomic mass is 31.3. The van der Waals surface area contributed by atoms with Crippen LogP contribution in [0.25, 0.3) is 11.4 Å². The number of ether oxygens (including phenoxy) is 1. The van der Waals surface area contributed by atoms with Gasteiger partial charge in [-0.1, -0.05) is 0 Å². The number of fused-ring (bicyclic) bond motifs is 1. The minimum Gasteiger partial charge on any atom is -0.387 e. The summed E-state index contributed by atoms with van der Waals surface area (Å²) in [5.41, 5.74) is 0.347. The van der Waals surface area contributed by atoms with Gasteiger partial charge in [0, 0.05) is 11.3 Å². The van der Waals surface area contributed by atoms with E-state index in [0.29, 0.717) is 5.56 Å². The van der Waals surface area contributed by atoms with E-state index in [2.05, 4.69) is 23.1 Å². The molecule has 0 aromatic heterocycles. The quantitative estimate of drug-likeness (QED) is 0.215. The van der Waals surface area contributed by atoms with Crippen LogP contribution in [-0.4, -0.2) is 64.7 Å². The van der Waals surface area contributed by atoms with E-state index < -0.39 is 60.1 Å². The van der Waals surface area contributed by atoms with E-state index in [9.17, 15) is 33.6 Å². The van der Waals surface area contributed by atoms with E-state index in [1.807, 2.05) is 0 Å². The molecular formula is C14H19N2O14P3. The number of hydrogen-bond acceptors (Lipinski definition) is 11. The predicted molar refractivity (Wildman–Crippen MR) is 106 cm³/mol. The first kappa shape index (κ1) is 26.3. The number of aromatic nitrogens is 2. The van der Waals surface area contributed by atoms with Crippen LogP contribution in [0.1, 0.15) is 17.4 Å². The number of aromatic amines is 1. The summed E-state index contributed by atoms with van der Waals surface area (Å²) in [6, 6.07) is 4.75. The maximum atomic E-state index is 12.4. The number of aliphatic hydroxyl groups is 2. The molecule has 0 amide bonds. The van der Waals surface area contributed by atoms with Gasteiger partial charge in [0.05, 0.1) is 12.2 Å². The van der Waals surface area contributed by atoms with Gasteiger partial charge in [0.2, 0.25) is 0 Å². The van der Waals surface area contributed by atoms with Gasteiger partial charge in [-0.05, 0) is 25.1 Å². The maximum Gasteiger partial charge on any atom is 0.490 e. The summed E-state index contributed by atoms with van der Waals surface area (Å²) >= 11 is 0. The monoisotopic (exact) mass is 532 g/mol. The van der Waals surface area contributed by atoms with Crippen LogP contribution >= 0.6 is 23.5 Å². The normalized spacial score (nSPS) is 27.4. The molecule has 6 atom stereocenters. The molecular weight excluding hydrogens is 513 g/mol.